The highest BCUT2D eigenvalue weighted by atomic mass is 35.5. The molecule has 2 aliphatic rings. The lowest BCUT2D eigenvalue weighted by molar-refractivity contribution is -0.141. The zero-order valence-electron chi connectivity index (χ0n) is 23.0. The van der Waals surface area contributed by atoms with Crippen LogP contribution < -0.4 is 15.6 Å². The van der Waals surface area contributed by atoms with Gasteiger partial charge in [-0.2, -0.15) is 0 Å². The molecule has 6 rings (SSSR count). The number of fused-ring (bicyclic) bond motifs is 1. The fourth-order valence-corrected chi connectivity index (χ4v) is 6.46. The first-order valence-electron chi connectivity index (χ1n) is 14.0. The van der Waals surface area contributed by atoms with Crippen LogP contribution in [0.5, 0.6) is 5.75 Å². The third-order valence-corrected chi connectivity index (χ3v) is 8.76. The lowest BCUT2D eigenvalue weighted by Gasteiger charge is -2.41. The zero-order chi connectivity index (χ0) is 28.6. The summed E-state index contributed by atoms with van der Waals surface area (Å²) in [6, 6.07) is 17.3. The van der Waals surface area contributed by atoms with Gasteiger partial charge in [-0.15, -0.1) is 0 Å². The lowest BCUT2D eigenvalue weighted by atomic mass is 9.80. The normalized spacial score (nSPS) is 20.7. The summed E-state index contributed by atoms with van der Waals surface area (Å²) in [5.74, 6) is 0.810. The highest BCUT2D eigenvalue weighted by molar-refractivity contribution is 6.30. The Kier molecular flexibility index (Phi) is 7.59. The summed E-state index contributed by atoms with van der Waals surface area (Å²) in [6.45, 7) is 2.63. The molecule has 9 nitrogen and oxygen atoms in total. The quantitative estimate of drug-likeness (QED) is 0.364. The molecule has 0 bridgehead atoms. The lowest BCUT2D eigenvalue weighted by Crippen LogP contribution is -2.52. The fourth-order valence-electron chi connectivity index (χ4n) is 6.24. The predicted octanol–water partition coefficient (Wildman–Crippen LogP) is 3.60. The zero-order valence-corrected chi connectivity index (χ0v) is 23.8. The van der Waals surface area contributed by atoms with Crippen LogP contribution in [0.2, 0.25) is 5.02 Å². The van der Waals surface area contributed by atoms with Gasteiger partial charge < -0.3 is 24.6 Å². The van der Waals surface area contributed by atoms with Crippen LogP contribution in [-0.4, -0.2) is 68.9 Å². The van der Waals surface area contributed by atoms with Gasteiger partial charge in [-0.05, 0) is 49.6 Å². The molecule has 41 heavy (non-hydrogen) atoms. The molecule has 1 amide bonds. The average molecular weight is 576 g/mol. The van der Waals surface area contributed by atoms with E-state index in [1.54, 1.807) is 36.1 Å². The first-order valence-corrected chi connectivity index (χ1v) is 14.4. The molecule has 2 saturated heterocycles. The Balaban J connectivity index is 1.16. The number of nitrogens with one attached hydrogen (secondary N) is 1. The third kappa shape index (κ3) is 5.49. The minimum Gasteiger partial charge on any atom is -0.497 e. The van der Waals surface area contributed by atoms with E-state index in [1.165, 1.54) is 16.5 Å². The Bertz CT molecular complexity index is 1610. The molecule has 2 atom stereocenters. The van der Waals surface area contributed by atoms with Crippen molar-refractivity contribution in [1.82, 2.24) is 24.3 Å². The van der Waals surface area contributed by atoms with Crippen molar-refractivity contribution in [3.8, 4) is 11.4 Å². The van der Waals surface area contributed by atoms with Crippen molar-refractivity contribution in [3.05, 3.63) is 88.1 Å². The molecule has 2 N–H and O–H groups in total. The molecule has 0 spiro atoms. The van der Waals surface area contributed by atoms with E-state index in [-0.39, 0.29) is 29.8 Å². The molecule has 4 heterocycles. The number of hydrogen-bond acceptors (Lipinski definition) is 6. The fraction of sp³-hybridized carbons (Fsp3) is 0.387. The molecule has 0 radical (unpaired) electrons. The van der Waals surface area contributed by atoms with E-state index < -0.39 is 5.60 Å². The predicted molar refractivity (Wildman–Crippen MR) is 158 cm³/mol. The highest BCUT2D eigenvalue weighted by Crippen LogP contribution is 2.33. The number of rotatable bonds is 6. The number of likely N-dealkylation sites (tertiary alicyclic amines) is 1. The summed E-state index contributed by atoms with van der Waals surface area (Å²) >= 11 is 6.25. The molecule has 4 aromatic rings. The van der Waals surface area contributed by atoms with E-state index in [9.17, 15) is 14.7 Å². The van der Waals surface area contributed by atoms with Crippen LogP contribution in [0.25, 0.3) is 16.7 Å². The number of halogens is 1. The van der Waals surface area contributed by atoms with Gasteiger partial charge in [0.25, 0.3) is 5.56 Å². The molecule has 2 aliphatic heterocycles. The van der Waals surface area contributed by atoms with Crippen LogP contribution in [0.15, 0.2) is 71.9 Å². The number of hydrogen-bond donors (Lipinski definition) is 2. The van der Waals surface area contributed by atoms with Crippen LogP contribution in [0.3, 0.4) is 0 Å². The number of piperidine rings is 2. The smallest absolute Gasteiger partial charge is 0.262 e. The summed E-state index contributed by atoms with van der Waals surface area (Å²) in [4.78, 5) is 33.5. The van der Waals surface area contributed by atoms with Crippen molar-refractivity contribution in [3.63, 3.8) is 0 Å². The van der Waals surface area contributed by atoms with E-state index in [2.05, 4.69) is 22.4 Å². The van der Waals surface area contributed by atoms with Crippen molar-refractivity contribution >= 4 is 28.5 Å². The van der Waals surface area contributed by atoms with E-state index >= 15 is 0 Å². The number of carbonyl (C=O) groups is 1. The Labute approximate surface area is 243 Å². The van der Waals surface area contributed by atoms with E-state index in [0.717, 1.165) is 25.2 Å². The number of carbonyl (C=O) groups excluding carboxylic acids is 1. The number of methoxy groups -OCH3 is 1. The van der Waals surface area contributed by atoms with Gasteiger partial charge in [0.15, 0.2) is 5.65 Å². The van der Waals surface area contributed by atoms with Crippen molar-refractivity contribution in [2.24, 2.45) is 5.92 Å². The SMILES string of the molecule is COc1cc(Cl)cc(-n2ccc3c(=O)n(CC4(O)CCN(C(=O)[C@@H]5CCNC[C@H]5c5ccccc5)CC4)cnc32)c1. The van der Waals surface area contributed by atoms with Crippen LogP contribution >= 0.6 is 11.6 Å². The maximum Gasteiger partial charge on any atom is 0.262 e. The summed E-state index contributed by atoms with van der Waals surface area (Å²) in [7, 11) is 1.57. The number of amides is 1. The molecule has 2 aromatic heterocycles. The maximum atomic E-state index is 13.6. The second kappa shape index (κ2) is 11.3. The standard InChI is InChI=1S/C31H34ClN5O4/c1-41-24-16-22(32)15-23(17-24)37-12-8-26-28(37)34-20-36(30(26)39)19-31(40)9-13-35(14-10-31)29(38)25-7-11-33-18-27(25)21-5-3-2-4-6-21/h2-6,8,12,15-17,20,25,27,33,40H,7,9-11,13-14,18-19H2,1H3/t25-,27+/m1/s1. The van der Waals surface area contributed by atoms with Gasteiger partial charge in [-0.3, -0.25) is 14.2 Å². The minimum atomic E-state index is -1.11. The van der Waals surface area contributed by atoms with Crippen LogP contribution in [-0.2, 0) is 11.3 Å². The average Bonchev–Trinajstić information content (AvgIpc) is 3.44. The molecule has 0 unspecified atom stereocenters. The van der Waals surface area contributed by atoms with Gasteiger partial charge in [-0.1, -0.05) is 41.9 Å². The van der Waals surface area contributed by atoms with Crippen LogP contribution in [0.1, 0.15) is 30.7 Å². The maximum absolute atomic E-state index is 13.6. The summed E-state index contributed by atoms with van der Waals surface area (Å²) in [5.41, 5.74) is 1.07. The van der Waals surface area contributed by atoms with Crippen molar-refractivity contribution in [2.75, 3.05) is 33.3 Å². The third-order valence-electron chi connectivity index (χ3n) is 8.54. The first-order chi connectivity index (χ1) is 19.8. The molecule has 2 fully saturated rings. The van der Waals surface area contributed by atoms with Gasteiger partial charge in [0, 0.05) is 48.8 Å². The molecular weight excluding hydrogens is 542 g/mol. The summed E-state index contributed by atoms with van der Waals surface area (Å²) in [5, 5.41) is 15.9. The van der Waals surface area contributed by atoms with E-state index in [0.29, 0.717) is 47.7 Å². The highest BCUT2D eigenvalue weighted by Gasteiger charge is 2.39. The largest absolute Gasteiger partial charge is 0.497 e. The number of nitrogens with zero attached hydrogens (tertiary/aromatic N) is 4. The van der Waals surface area contributed by atoms with Crippen molar-refractivity contribution in [2.45, 2.75) is 37.3 Å². The van der Waals surface area contributed by atoms with Gasteiger partial charge in [0.2, 0.25) is 5.91 Å². The van der Waals surface area contributed by atoms with Crippen molar-refractivity contribution in [1.29, 1.82) is 0 Å². The molecule has 214 valence electrons. The number of aliphatic hydroxyl groups is 1. The summed E-state index contributed by atoms with van der Waals surface area (Å²) < 4.78 is 8.59. The van der Waals surface area contributed by atoms with Crippen LogP contribution in [0, 0.1) is 5.92 Å². The molecule has 0 aliphatic carbocycles. The number of benzene rings is 2. The monoisotopic (exact) mass is 575 g/mol. The second-order valence-corrected chi connectivity index (χ2v) is 11.6. The topological polar surface area (TPSA) is 102 Å². The Morgan fingerprint density at radius 3 is 2.71 bits per heavy atom. The molecular formula is C31H34ClN5O4. The minimum absolute atomic E-state index is 0.0810. The van der Waals surface area contributed by atoms with E-state index in [1.807, 2.05) is 29.2 Å². The molecule has 10 heteroatoms. The van der Waals surface area contributed by atoms with Gasteiger partial charge in [0.1, 0.15) is 12.1 Å². The number of ether oxygens (including phenoxy) is 1. The Hall–Kier alpha value is -3.66. The van der Waals surface area contributed by atoms with Gasteiger partial charge >= 0.3 is 0 Å². The van der Waals surface area contributed by atoms with E-state index in [4.69, 9.17) is 16.3 Å². The molecule has 2 aromatic carbocycles. The number of aromatic nitrogens is 3. The van der Waals surface area contributed by atoms with Gasteiger partial charge in [-0.25, -0.2) is 4.98 Å². The molecule has 0 saturated carbocycles. The Morgan fingerprint density at radius 1 is 1.17 bits per heavy atom. The van der Waals surface area contributed by atoms with Crippen molar-refractivity contribution < 1.29 is 14.6 Å². The van der Waals surface area contributed by atoms with Gasteiger partial charge in [0.05, 0.1) is 30.3 Å². The first kappa shape index (κ1) is 27.5. The van der Waals surface area contributed by atoms with Crippen LogP contribution in [0.4, 0.5) is 0 Å². The summed E-state index contributed by atoms with van der Waals surface area (Å²) in [6.07, 6.45) is 4.84. The Morgan fingerprint density at radius 2 is 1.95 bits per heavy atom. The second-order valence-electron chi connectivity index (χ2n) is 11.1.